The summed E-state index contributed by atoms with van der Waals surface area (Å²) in [5.74, 6) is -1.02. The van der Waals surface area contributed by atoms with E-state index in [9.17, 15) is 13.6 Å². The van der Waals surface area contributed by atoms with Crippen LogP contribution in [0.1, 0.15) is 15.9 Å². The van der Waals surface area contributed by atoms with E-state index in [1.165, 1.54) is 24.3 Å². The van der Waals surface area contributed by atoms with Gasteiger partial charge in [-0.3, -0.25) is 4.79 Å². The number of hydrogen-bond donors (Lipinski definition) is 0. The Morgan fingerprint density at radius 3 is 2.28 bits per heavy atom. The Morgan fingerprint density at radius 1 is 1.00 bits per heavy atom. The maximum absolute atomic E-state index is 13.1. The highest BCUT2D eigenvalue weighted by molar-refractivity contribution is 9.10. The van der Waals surface area contributed by atoms with Crippen molar-refractivity contribution >= 4 is 21.7 Å². The van der Waals surface area contributed by atoms with Crippen LogP contribution >= 0.6 is 15.9 Å². The van der Waals surface area contributed by atoms with Crippen molar-refractivity contribution in [3.8, 4) is 0 Å². The second-order valence-corrected chi connectivity index (χ2v) is 4.80. The molecule has 2 aromatic rings. The molecule has 0 fully saturated rings. The number of Topliss-reactive ketones (excluding diaryl/α,β-unsaturated/α-hetero) is 1. The van der Waals surface area contributed by atoms with Crippen LogP contribution in [0.15, 0.2) is 46.9 Å². The summed E-state index contributed by atoms with van der Waals surface area (Å²) in [6, 6.07) is 9.72. The van der Waals surface area contributed by atoms with Crippen LogP contribution in [0.2, 0.25) is 0 Å². The molecule has 0 saturated carbocycles. The number of ketones is 1. The monoisotopic (exact) mass is 310 g/mol. The Labute approximate surface area is 112 Å². The van der Waals surface area contributed by atoms with Crippen molar-refractivity contribution in [1.29, 1.82) is 0 Å². The molecule has 0 aromatic heterocycles. The number of carbonyl (C=O) groups is 1. The average Bonchev–Trinajstić information content (AvgIpc) is 2.31. The van der Waals surface area contributed by atoms with Crippen molar-refractivity contribution in [2.45, 2.75) is 6.42 Å². The van der Waals surface area contributed by atoms with Gasteiger partial charge in [0.15, 0.2) is 5.78 Å². The fourth-order valence-corrected chi connectivity index (χ4v) is 2.07. The van der Waals surface area contributed by atoms with Gasteiger partial charge in [0, 0.05) is 16.5 Å². The molecule has 0 amide bonds. The van der Waals surface area contributed by atoms with Crippen LogP contribution < -0.4 is 0 Å². The molecule has 0 saturated heterocycles. The maximum atomic E-state index is 13.1. The van der Waals surface area contributed by atoms with Crippen LogP contribution in [0, 0.1) is 11.6 Å². The Balaban J connectivity index is 2.19. The van der Waals surface area contributed by atoms with E-state index in [2.05, 4.69) is 15.9 Å². The number of rotatable bonds is 3. The highest BCUT2D eigenvalue weighted by atomic mass is 79.9. The second kappa shape index (κ2) is 5.40. The smallest absolute Gasteiger partial charge is 0.167 e. The summed E-state index contributed by atoms with van der Waals surface area (Å²) in [7, 11) is 0. The van der Waals surface area contributed by atoms with Gasteiger partial charge in [-0.15, -0.1) is 0 Å². The fourth-order valence-electron chi connectivity index (χ4n) is 1.60. The van der Waals surface area contributed by atoms with Gasteiger partial charge in [0.25, 0.3) is 0 Å². The van der Waals surface area contributed by atoms with Gasteiger partial charge in [-0.2, -0.15) is 0 Å². The topological polar surface area (TPSA) is 17.1 Å². The number of carbonyl (C=O) groups excluding carboxylic acids is 1. The second-order valence-electron chi connectivity index (χ2n) is 3.88. The van der Waals surface area contributed by atoms with Gasteiger partial charge in [-0.25, -0.2) is 8.78 Å². The molecule has 0 radical (unpaired) electrons. The van der Waals surface area contributed by atoms with Gasteiger partial charge < -0.3 is 0 Å². The maximum Gasteiger partial charge on any atom is 0.167 e. The lowest BCUT2D eigenvalue weighted by molar-refractivity contribution is 0.0992. The predicted molar refractivity (Wildman–Crippen MR) is 68.5 cm³/mol. The molecule has 4 heteroatoms. The van der Waals surface area contributed by atoms with Crippen LogP contribution in [-0.4, -0.2) is 5.78 Å². The summed E-state index contributed by atoms with van der Waals surface area (Å²) in [6.45, 7) is 0. The predicted octanol–water partition coefficient (Wildman–Crippen LogP) is 4.15. The quantitative estimate of drug-likeness (QED) is 0.778. The molecule has 2 aromatic carbocycles. The van der Waals surface area contributed by atoms with E-state index in [4.69, 9.17) is 0 Å². The van der Waals surface area contributed by atoms with Crippen LogP contribution in [0.4, 0.5) is 8.78 Å². The molecular formula is C14H9BrF2O. The van der Waals surface area contributed by atoms with Gasteiger partial charge in [0.2, 0.25) is 0 Å². The van der Waals surface area contributed by atoms with Gasteiger partial charge in [-0.1, -0.05) is 28.1 Å². The molecular weight excluding hydrogens is 302 g/mol. The molecule has 0 aliphatic heterocycles. The van der Waals surface area contributed by atoms with Crippen molar-refractivity contribution in [3.05, 3.63) is 69.7 Å². The lowest BCUT2D eigenvalue weighted by Crippen LogP contribution is -2.04. The minimum absolute atomic E-state index is 0.121. The van der Waals surface area contributed by atoms with E-state index < -0.39 is 5.82 Å². The van der Waals surface area contributed by atoms with E-state index in [-0.39, 0.29) is 18.0 Å². The highest BCUT2D eigenvalue weighted by Gasteiger charge is 2.09. The lowest BCUT2D eigenvalue weighted by Gasteiger charge is -2.03. The third kappa shape index (κ3) is 3.23. The summed E-state index contributed by atoms with van der Waals surface area (Å²) in [5, 5.41) is 0. The average molecular weight is 311 g/mol. The number of hydrogen-bond acceptors (Lipinski definition) is 1. The SMILES string of the molecule is O=C(Cc1ccc(F)cc1)c1cc(F)cc(Br)c1. The Hall–Kier alpha value is -1.55. The van der Waals surface area contributed by atoms with Crippen LogP contribution in [-0.2, 0) is 6.42 Å². The zero-order chi connectivity index (χ0) is 13.1. The van der Waals surface area contributed by atoms with Crippen molar-refractivity contribution in [2.75, 3.05) is 0 Å². The van der Waals surface area contributed by atoms with Crippen LogP contribution in [0.3, 0.4) is 0 Å². The first kappa shape index (κ1) is 12.9. The van der Waals surface area contributed by atoms with Crippen molar-refractivity contribution in [2.24, 2.45) is 0 Å². The standard InChI is InChI=1S/C14H9BrF2O/c15-11-6-10(7-13(17)8-11)14(18)5-9-1-3-12(16)4-2-9/h1-4,6-8H,5H2. The molecule has 0 spiro atoms. The third-order valence-corrected chi connectivity index (χ3v) is 2.92. The van der Waals surface area contributed by atoms with E-state index >= 15 is 0 Å². The van der Waals surface area contributed by atoms with E-state index in [0.29, 0.717) is 15.6 Å². The van der Waals surface area contributed by atoms with Gasteiger partial charge >= 0.3 is 0 Å². The minimum Gasteiger partial charge on any atom is -0.294 e. The Bertz CT molecular complexity index is 559. The first-order chi connectivity index (χ1) is 8.54. The first-order valence-electron chi connectivity index (χ1n) is 5.28. The summed E-state index contributed by atoms with van der Waals surface area (Å²) in [5.41, 5.74) is 0.994. The summed E-state index contributed by atoms with van der Waals surface area (Å²) in [4.78, 5) is 11.9. The van der Waals surface area contributed by atoms with Crippen molar-refractivity contribution < 1.29 is 13.6 Å². The molecule has 0 aliphatic carbocycles. The minimum atomic E-state index is -0.466. The molecule has 0 aliphatic rings. The van der Waals surface area contributed by atoms with Gasteiger partial charge in [-0.05, 0) is 35.9 Å². The molecule has 0 bridgehead atoms. The largest absolute Gasteiger partial charge is 0.294 e. The fraction of sp³-hybridized carbons (Fsp3) is 0.0714. The zero-order valence-electron chi connectivity index (χ0n) is 9.29. The molecule has 0 atom stereocenters. The van der Waals surface area contributed by atoms with Gasteiger partial charge in [0.1, 0.15) is 11.6 Å². The Morgan fingerprint density at radius 2 is 1.67 bits per heavy atom. The van der Waals surface area contributed by atoms with E-state index in [1.54, 1.807) is 18.2 Å². The molecule has 2 rings (SSSR count). The summed E-state index contributed by atoms with van der Waals surface area (Å²) < 4.78 is 26.4. The summed E-state index contributed by atoms with van der Waals surface area (Å²) >= 11 is 3.13. The first-order valence-corrected chi connectivity index (χ1v) is 6.07. The molecule has 18 heavy (non-hydrogen) atoms. The lowest BCUT2D eigenvalue weighted by atomic mass is 10.0. The van der Waals surface area contributed by atoms with Crippen LogP contribution in [0.5, 0.6) is 0 Å². The van der Waals surface area contributed by atoms with Crippen LogP contribution in [0.25, 0.3) is 0 Å². The Kier molecular flexibility index (Phi) is 3.87. The van der Waals surface area contributed by atoms with Crippen molar-refractivity contribution in [1.82, 2.24) is 0 Å². The van der Waals surface area contributed by atoms with E-state index in [1.807, 2.05) is 0 Å². The third-order valence-electron chi connectivity index (χ3n) is 2.46. The number of halogens is 3. The molecule has 92 valence electrons. The number of benzene rings is 2. The molecule has 0 heterocycles. The molecule has 0 N–H and O–H groups in total. The van der Waals surface area contributed by atoms with Crippen molar-refractivity contribution in [3.63, 3.8) is 0 Å². The molecule has 0 unspecified atom stereocenters. The van der Waals surface area contributed by atoms with E-state index in [0.717, 1.165) is 0 Å². The molecule has 1 nitrogen and oxygen atoms in total. The van der Waals surface area contributed by atoms with Gasteiger partial charge in [0.05, 0.1) is 0 Å². The normalized spacial score (nSPS) is 10.4. The highest BCUT2D eigenvalue weighted by Crippen LogP contribution is 2.17. The zero-order valence-corrected chi connectivity index (χ0v) is 10.9. The summed E-state index contributed by atoms with van der Waals surface area (Å²) in [6.07, 6.45) is 0.121.